The van der Waals surface area contributed by atoms with Crippen LogP contribution in [-0.4, -0.2) is 4.98 Å². The molecule has 2 rings (SSSR count). The number of hydrogen-bond donors (Lipinski definition) is 0. The van der Waals surface area contributed by atoms with Crippen molar-refractivity contribution in [3.8, 4) is 6.07 Å². The molecule has 2 nitrogen and oxygen atoms in total. The van der Waals surface area contributed by atoms with Crippen molar-refractivity contribution in [3.63, 3.8) is 0 Å². The van der Waals surface area contributed by atoms with Gasteiger partial charge in [-0.2, -0.15) is 5.26 Å². The quantitative estimate of drug-likeness (QED) is 0.825. The van der Waals surface area contributed by atoms with E-state index in [0.29, 0.717) is 11.4 Å². The summed E-state index contributed by atoms with van der Waals surface area (Å²) in [6, 6.07) is 15.4. The summed E-state index contributed by atoms with van der Waals surface area (Å²) >= 11 is 5.92. The summed E-state index contributed by atoms with van der Waals surface area (Å²) in [5.41, 5.74) is 1.85. The molecular formula is C14H11ClN2. The Morgan fingerprint density at radius 1 is 1.24 bits per heavy atom. The molecule has 1 aromatic carbocycles. The molecule has 0 N–H and O–H groups in total. The normalized spacial score (nSPS) is 11.8. The Morgan fingerprint density at radius 3 is 2.76 bits per heavy atom. The first-order chi connectivity index (χ1) is 8.29. The average Bonchev–Trinajstić information content (AvgIpc) is 2.37. The molecule has 2 aromatic rings. The third-order valence-corrected chi connectivity index (χ3v) is 2.78. The summed E-state index contributed by atoms with van der Waals surface area (Å²) in [6.07, 6.45) is 2.35. The van der Waals surface area contributed by atoms with E-state index in [9.17, 15) is 5.26 Å². The topological polar surface area (TPSA) is 36.7 Å². The van der Waals surface area contributed by atoms with E-state index in [0.717, 1.165) is 11.3 Å². The molecule has 0 spiro atoms. The lowest BCUT2D eigenvalue weighted by Crippen LogP contribution is -2.01. The first kappa shape index (κ1) is 11.6. The summed E-state index contributed by atoms with van der Waals surface area (Å²) in [6.45, 7) is 0. The zero-order chi connectivity index (χ0) is 12.1. The second kappa shape index (κ2) is 5.47. The van der Waals surface area contributed by atoms with Crippen molar-refractivity contribution in [1.29, 1.82) is 5.26 Å². The third-order valence-electron chi connectivity index (χ3n) is 2.55. The molecule has 0 saturated carbocycles. The Labute approximate surface area is 105 Å². The molecule has 0 bridgehead atoms. The highest BCUT2D eigenvalue weighted by molar-refractivity contribution is 6.30. The molecule has 0 amide bonds. The van der Waals surface area contributed by atoms with Gasteiger partial charge in [-0.25, -0.2) is 0 Å². The van der Waals surface area contributed by atoms with E-state index in [1.807, 2.05) is 36.4 Å². The smallest absolute Gasteiger partial charge is 0.0768 e. The Kier molecular flexibility index (Phi) is 3.74. The van der Waals surface area contributed by atoms with Gasteiger partial charge in [0.15, 0.2) is 0 Å². The molecule has 0 aliphatic heterocycles. The number of benzene rings is 1. The lowest BCUT2D eigenvalue weighted by molar-refractivity contribution is 0.821. The van der Waals surface area contributed by atoms with Crippen molar-refractivity contribution < 1.29 is 0 Å². The van der Waals surface area contributed by atoms with Crippen LogP contribution in [0.5, 0.6) is 0 Å². The van der Waals surface area contributed by atoms with E-state index in [4.69, 9.17) is 11.6 Å². The van der Waals surface area contributed by atoms with Crippen LogP contribution in [0.4, 0.5) is 0 Å². The fraction of sp³-hybridized carbons (Fsp3) is 0.143. The first-order valence-electron chi connectivity index (χ1n) is 5.34. The van der Waals surface area contributed by atoms with Crippen molar-refractivity contribution in [2.45, 2.75) is 12.3 Å². The van der Waals surface area contributed by atoms with Crippen LogP contribution in [0.3, 0.4) is 0 Å². The zero-order valence-corrected chi connectivity index (χ0v) is 9.93. The minimum absolute atomic E-state index is 0.205. The number of rotatable bonds is 3. The van der Waals surface area contributed by atoms with Gasteiger partial charge in [-0.1, -0.05) is 29.8 Å². The van der Waals surface area contributed by atoms with Crippen LogP contribution in [0.15, 0.2) is 48.7 Å². The molecule has 0 radical (unpaired) electrons. The predicted octanol–water partition coefficient (Wildman–Crippen LogP) is 3.58. The van der Waals surface area contributed by atoms with Gasteiger partial charge >= 0.3 is 0 Å². The fourth-order valence-electron chi connectivity index (χ4n) is 1.69. The average molecular weight is 243 g/mol. The van der Waals surface area contributed by atoms with Crippen LogP contribution >= 0.6 is 11.6 Å². The van der Waals surface area contributed by atoms with Crippen LogP contribution in [0, 0.1) is 11.3 Å². The molecule has 84 valence electrons. The molecule has 1 aromatic heterocycles. The molecule has 1 atom stereocenters. The standard InChI is InChI=1S/C14H11ClN2/c15-13-5-3-4-11(8-13)12(10-16)9-14-6-1-2-7-17-14/h1-8,12H,9H2. The molecule has 0 aliphatic rings. The Hall–Kier alpha value is -1.85. The van der Waals surface area contributed by atoms with E-state index >= 15 is 0 Å². The zero-order valence-electron chi connectivity index (χ0n) is 9.18. The summed E-state index contributed by atoms with van der Waals surface area (Å²) < 4.78 is 0. The number of hydrogen-bond acceptors (Lipinski definition) is 2. The SMILES string of the molecule is N#CC(Cc1ccccn1)c1cccc(Cl)c1. The minimum Gasteiger partial charge on any atom is -0.261 e. The van der Waals surface area contributed by atoms with E-state index in [-0.39, 0.29) is 5.92 Å². The Bertz CT molecular complexity index is 531. The Morgan fingerprint density at radius 2 is 2.12 bits per heavy atom. The van der Waals surface area contributed by atoms with Crippen LogP contribution < -0.4 is 0 Å². The lowest BCUT2D eigenvalue weighted by atomic mass is 9.95. The number of aromatic nitrogens is 1. The molecule has 0 fully saturated rings. The largest absolute Gasteiger partial charge is 0.261 e. The molecule has 3 heteroatoms. The number of halogens is 1. The maximum Gasteiger partial charge on any atom is 0.0768 e. The van der Waals surface area contributed by atoms with Gasteiger partial charge in [0.2, 0.25) is 0 Å². The molecule has 0 saturated heterocycles. The van der Waals surface area contributed by atoms with Gasteiger partial charge < -0.3 is 0 Å². The molecule has 0 aliphatic carbocycles. The van der Waals surface area contributed by atoms with Crippen LogP contribution in [0.25, 0.3) is 0 Å². The van der Waals surface area contributed by atoms with E-state index < -0.39 is 0 Å². The van der Waals surface area contributed by atoms with Crippen molar-refractivity contribution in [2.75, 3.05) is 0 Å². The van der Waals surface area contributed by atoms with Crippen molar-refractivity contribution in [3.05, 3.63) is 64.9 Å². The highest BCUT2D eigenvalue weighted by Crippen LogP contribution is 2.22. The van der Waals surface area contributed by atoms with Gasteiger partial charge in [-0.3, -0.25) is 4.98 Å². The van der Waals surface area contributed by atoms with Gasteiger partial charge in [-0.05, 0) is 29.8 Å². The van der Waals surface area contributed by atoms with Gasteiger partial charge in [0.1, 0.15) is 0 Å². The highest BCUT2D eigenvalue weighted by Gasteiger charge is 2.12. The lowest BCUT2D eigenvalue weighted by Gasteiger charge is -2.09. The monoisotopic (exact) mass is 242 g/mol. The first-order valence-corrected chi connectivity index (χ1v) is 5.72. The summed E-state index contributed by atoms with van der Waals surface area (Å²) in [5, 5.41) is 9.87. The molecule has 17 heavy (non-hydrogen) atoms. The van der Waals surface area contributed by atoms with E-state index in [1.165, 1.54) is 0 Å². The minimum atomic E-state index is -0.205. The molecular weight excluding hydrogens is 232 g/mol. The second-order valence-corrected chi connectivity index (χ2v) is 4.20. The maximum absolute atomic E-state index is 9.21. The Balaban J connectivity index is 2.21. The molecule has 1 unspecified atom stereocenters. The number of pyridine rings is 1. The van der Waals surface area contributed by atoms with Crippen LogP contribution in [-0.2, 0) is 6.42 Å². The summed E-state index contributed by atoms with van der Waals surface area (Å²) in [5.74, 6) is -0.205. The van der Waals surface area contributed by atoms with Crippen LogP contribution in [0.2, 0.25) is 5.02 Å². The number of nitriles is 1. The highest BCUT2D eigenvalue weighted by atomic mass is 35.5. The van der Waals surface area contributed by atoms with Crippen LogP contribution in [0.1, 0.15) is 17.2 Å². The summed E-state index contributed by atoms with van der Waals surface area (Å²) in [4.78, 5) is 4.23. The van der Waals surface area contributed by atoms with Gasteiger partial charge in [0.05, 0.1) is 12.0 Å². The molecule has 1 heterocycles. The second-order valence-electron chi connectivity index (χ2n) is 3.76. The van der Waals surface area contributed by atoms with Crippen molar-refractivity contribution in [2.24, 2.45) is 0 Å². The fourth-order valence-corrected chi connectivity index (χ4v) is 1.89. The van der Waals surface area contributed by atoms with Crippen molar-refractivity contribution >= 4 is 11.6 Å². The van der Waals surface area contributed by atoms with E-state index in [2.05, 4.69) is 11.1 Å². The van der Waals surface area contributed by atoms with Gasteiger partial charge in [-0.15, -0.1) is 0 Å². The van der Waals surface area contributed by atoms with E-state index in [1.54, 1.807) is 12.3 Å². The van der Waals surface area contributed by atoms with Crippen molar-refractivity contribution in [1.82, 2.24) is 4.98 Å². The third kappa shape index (κ3) is 3.05. The van der Waals surface area contributed by atoms with Gasteiger partial charge in [0.25, 0.3) is 0 Å². The number of nitrogens with zero attached hydrogens (tertiary/aromatic N) is 2. The van der Waals surface area contributed by atoms with Gasteiger partial charge in [0, 0.05) is 23.3 Å². The predicted molar refractivity (Wildman–Crippen MR) is 67.7 cm³/mol. The summed E-state index contributed by atoms with van der Waals surface area (Å²) in [7, 11) is 0. The maximum atomic E-state index is 9.21.